The SMILES string of the molecule is C[C@]1(C(=O)NCc2cc(C(F)(F)F)cc(C(F)(F)F)c2)CCC(N2CCC(c3ccc(F)cc3)CC2)CO1. The molecule has 11 heteroatoms. The van der Waals surface area contributed by atoms with Crippen LogP contribution in [0.25, 0.3) is 0 Å². The standard InChI is InChI=1S/C27H29F7N2O2/c1-25(24(37)35-15-17-12-20(26(29,30)31)14-21(13-17)27(32,33)34)9-6-23(16-38-25)36-10-7-19(8-11-36)18-2-4-22(28)5-3-18/h2-5,12-14,19,23H,6-11,15-16H2,1H3,(H,35,37)/t23?,25-/m1/s1. The first-order chi connectivity index (χ1) is 17.7. The van der Waals surface area contributed by atoms with Crippen LogP contribution in [0.3, 0.4) is 0 Å². The summed E-state index contributed by atoms with van der Waals surface area (Å²) in [4.78, 5) is 15.1. The average molecular weight is 547 g/mol. The second-order valence-electron chi connectivity index (χ2n) is 10.2. The summed E-state index contributed by atoms with van der Waals surface area (Å²) in [5.74, 6) is -0.503. The summed E-state index contributed by atoms with van der Waals surface area (Å²) >= 11 is 0. The number of carbonyl (C=O) groups is 1. The average Bonchev–Trinajstić information content (AvgIpc) is 2.87. The number of hydrogen-bond acceptors (Lipinski definition) is 3. The molecule has 1 N–H and O–H groups in total. The summed E-state index contributed by atoms with van der Waals surface area (Å²) in [7, 11) is 0. The molecule has 4 nitrogen and oxygen atoms in total. The van der Waals surface area contributed by atoms with Gasteiger partial charge < -0.3 is 10.1 Å². The summed E-state index contributed by atoms with van der Waals surface area (Å²) in [5.41, 5.74) is -3.29. The van der Waals surface area contributed by atoms with Crippen LogP contribution >= 0.6 is 0 Å². The van der Waals surface area contributed by atoms with Gasteiger partial charge in [0.2, 0.25) is 0 Å². The highest BCUT2D eigenvalue weighted by Crippen LogP contribution is 2.37. The molecule has 2 aromatic rings. The maximum Gasteiger partial charge on any atom is 0.416 e. The predicted molar refractivity (Wildman–Crippen MR) is 126 cm³/mol. The number of amides is 1. The zero-order chi connectivity index (χ0) is 27.7. The van der Waals surface area contributed by atoms with E-state index in [1.54, 1.807) is 6.92 Å². The Balaban J connectivity index is 1.31. The van der Waals surface area contributed by atoms with Gasteiger partial charge in [0.05, 0.1) is 17.7 Å². The maximum absolute atomic E-state index is 13.2. The number of hydrogen-bond donors (Lipinski definition) is 1. The van der Waals surface area contributed by atoms with E-state index < -0.39 is 41.5 Å². The van der Waals surface area contributed by atoms with Gasteiger partial charge in [-0.2, -0.15) is 26.3 Å². The van der Waals surface area contributed by atoms with Crippen molar-refractivity contribution in [1.29, 1.82) is 0 Å². The van der Waals surface area contributed by atoms with Crippen molar-refractivity contribution in [3.05, 3.63) is 70.5 Å². The van der Waals surface area contributed by atoms with E-state index in [1.165, 1.54) is 12.1 Å². The number of piperidine rings is 1. The summed E-state index contributed by atoms with van der Waals surface area (Å²) in [5, 5.41) is 2.45. The van der Waals surface area contributed by atoms with Crippen LogP contribution in [0.4, 0.5) is 30.7 Å². The predicted octanol–water partition coefficient (Wildman–Crippen LogP) is 6.30. The number of halogens is 7. The lowest BCUT2D eigenvalue weighted by atomic mass is 9.87. The van der Waals surface area contributed by atoms with Crippen molar-refractivity contribution in [3.63, 3.8) is 0 Å². The van der Waals surface area contributed by atoms with Crippen LogP contribution in [0.5, 0.6) is 0 Å². The zero-order valence-electron chi connectivity index (χ0n) is 20.8. The summed E-state index contributed by atoms with van der Waals surface area (Å²) in [6.07, 6.45) is -7.07. The number of nitrogens with one attached hydrogen (secondary N) is 1. The molecule has 0 aromatic heterocycles. The van der Waals surface area contributed by atoms with Crippen LogP contribution in [0.15, 0.2) is 42.5 Å². The molecule has 4 rings (SSSR count). The van der Waals surface area contributed by atoms with Gasteiger partial charge in [0.25, 0.3) is 5.91 Å². The second kappa shape index (κ2) is 10.8. The number of alkyl halides is 6. The van der Waals surface area contributed by atoms with Gasteiger partial charge in [0.15, 0.2) is 0 Å². The van der Waals surface area contributed by atoms with Crippen molar-refractivity contribution in [1.82, 2.24) is 10.2 Å². The van der Waals surface area contributed by atoms with E-state index in [2.05, 4.69) is 10.2 Å². The molecule has 2 aliphatic heterocycles. The van der Waals surface area contributed by atoms with Gasteiger partial charge in [-0.3, -0.25) is 9.69 Å². The lowest BCUT2D eigenvalue weighted by Gasteiger charge is -2.43. The number of nitrogens with zero attached hydrogens (tertiary/aromatic N) is 1. The van der Waals surface area contributed by atoms with E-state index in [1.807, 2.05) is 12.1 Å². The molecule has 2 atom stereocenters. The Hall–Kier alpha value is -2.66. The van der Waals surface area contributed by atoms with Gasteiger partial charge in [0, 0.05) is 12.6 Å². The van der Waals surface area contributed by atoms with Gasteiger partial charge in [0.1, 0.15) is 11.4 Å². The minimum atomic E-state index is -4.96. The van der Waals surface area contributed by atoms with Gasteiger partial charge in [-0.05, 0) is 93.1 Å². The van der Waals surface area contributed by atoms with Crippen LogP contribution < -0.4 is 5.32 Å². The number of benzene rings is 2. The van der Waals surface area contributed by atoms with Crippen molar-refractivity contribution in [3.8, 4) is 0 Å². The smallest absolute Gasteiger partial charge is 0.364 e. The van der Waals surface area contributed by atoms with Crippen molar-refractivity contribution in [2.24, 2.45) is 0 Å². The molecule has 0 spiro atoms. The van der Waals surface area contributed by atoms with Crippen molar-refractivity contribution < 1.29 is 40.3 Å². The monoisotopic (exact) mass is 546 g/mol. The molecular formula is C27H29F7N2O2. The van der Waals surface area contributed by atoms with E-state index in [0.717, 1.165) is 31.5 Å². The van der Waals surface area contributed by atoms with E-state index >= 15 is 0 Å². The molecule has 38 heavy (non-hydrogen) atoms. The Morgan fingerprint density at radius 3 is 2.05 bits per heavy atom. The molecular weight excluding hydrogens is 517 g/mol. The van der Waals surface area contributed by atoms with E-state index in [9.17, 15) is 35.5 Å². The summed E-state index contributed by atoms with van der Waals surface area (Å²) in [6, 6.07) is 7.91. The number of ether oxygens (including phenoxy) is 1. The first-order valence-electron chi connectivity index (χ1n) is 12.4. The van der Waals surface area contributed by atoms with Crippen LogP contribution in [0.2, 0.25) is 0 Å². The van der Waals surface area contributed by atoms with Crippen LogP contribution in [0, 0.1) is 5.82 Å². The third kappa shape index (κ3) is 6.66. The number of likely N-dealkylation sites (tertiary alicyclic amines) is 1. The first kappa shape index (κ1) is 28.4. The fourth-order valence-corrected chi connectivity index (χ4v) is 5.17. The Bertz CT molecular complexity index is 1080. The zero-order valence-corrected chi connectivity index (χ0v) is 20.8. The third-order valence-electron chi connectivity index (χ3n) is 7.52. The fraction of sp³-hybridized carbons (Fsp3) is 0.519. The fourth-order valence-electron chi connectivity index (χ4n) is 5.17. The largest absolute Gasteiger partial charge is 0.416 e. The highest BCUT2D eigenvalue weighted by atomic mass is 19.4. The second-order valence-corrected chi connectivity index (χ2v) is 10.2. The quantitative estimate of drug-likeness (QED) is 0.448. The van der Waals surface area contributed by atoms with Crippen LogP contribution in [-0.2, 0) is 28.4 Å². The maximum atomic E-state index is 13.2. The molecule has 2 aliphatic rings. The molecule has 1 unspecified atom stereocenters. The Morgan fingerprint density at radius 2 is 1.55 bits per heavy atom. The lowest BCUT2D eigenvalue weighted by molar-refractivity contribution is -0.157. The Kier molecular flexibility index (Phi) is 8.09. The minimum Gasteiger partial charge on any atom is -0.364 e. The molecule has 0 saturated carbocycles. The molecule has 2 saturated heterocycles. The van der Waals surface area contributed by atoms with Crippen molar-refractivity contribution >= 4 is 5.91 Å². The molecule has 0 aliphatic carbocycles. The van der Waals surface area contributed by atoms with E-state index in [-0.39, 0.29) is 30.1 Å². The summed E-state index contributed by atoms with van der Waals surface area (Å²) < 4.78 is 97.7. The van der Waals surface area contributed by atoms with Crippen molar-refractivity contribution in [2.45, 2.75) is 69.1 Å². The lowest BCUT2D eigenvalue weighted by Crippen LogP contribution is -2.54. The molecule has 2 heterocycles. The Labute approximate surface area is 216 Å². The van der Waals surface area contributed by atoms with E-state index in [4.69, 9.17) is 4.74 Å². The third-order valence-corrected chi connectivity index (χ3v) is 7.52. The van der Waals surface area contributed by atoms with Crippen LogP contribution in [-0.4, -0.2) is 42.1 Å². The molecule has 0 radical (unpaired) electrons. The number of carbonyl (C=O) groups excluding carboxylic acids is 1. The molecule has 2 aromatic carbocycles. The Morgan fingerprint density at radius 1 is 0.974 bits per heavy atom. The molecule has 0 bridgehead atoms. The highest BCUT2D eigenvalue weighted by molar-refractivity contribution is 5.84. The van der Waals surface area contributed by atoms with Crippen molar-refractivity contribution in [2.75, 3.05) is 19.7 Å². The van der Waals surface area contributed by atoms with Gasteiger partial charge in [-0.25, -0.2) is 4.39 Å². The summed E-state index contributed by atoms with van der Waals surface area (Å²) in [6.45, 7) is 3.02. The normalized spacial score (nSPS) is 23.8. The molecule has 1 amide bonds. The van der Waals surface area contributed by atoms with E-state index in [0.29, 0.717) is 30.9 Å². The highest BCUT2D eigenvalue weighted by Gasteiger charge is 2.41. The van der Waals surface area contributed by atoms with Gasteiger partial charge in [-0.15, -0.1) is 0 Å². The number of rotatable bonds is 5. The van der Waals surface area contributed by atoms with Crippen LogP contribution in [0.1, 0.15) is 60.8 Å². The molecule has 2 fully saturated rings. The first-order valence-corrected chi connectivity index (χ1v) is 12.4. The minimum absolute atomic E-state index is 0.0550. The topological polar surface area (TPSA) is 41.6 Å². The van der Waals surface area contributed by atoms with Gasteiger partial charge in [-0.1, -0.05) is 12.1 Å². The van der Waals surface area contributed by atoms with Gasteiger partial charge >= 0.3 is 12.4 Å². The molecule has 208 valence electrons.